The summed E-state index contributed by atoms with van der Waals surface area (Å²) in [5, 5.41) is 6.96. The molecule has 3 aromatic rings. The minimum Gasteiger partial charge on any atom is -0.368 e. The minimum atomic E-state index is 0.0174. The van der Waals surface area contributed by atoms with Crippen molar-refractivity contribution in [3.05, 3.63) is 54.6 Å². The van der Waals surface area contributed by atoms with Gasteiger partial charge in [0.25, 0.3) is 5.89 Å². The molecule has 1 N–H and O–H groups in total. The van der Waals surface area contributed by atoms with Crippen LogP contribution in [0.2, 0.25) is 0 Å². The molecule has 0 spiro atoms. The van der Waals surface area contributed by atoms with Crippen molar-refractivity contribution in [2.24, 2.45) is 0 Å². The fourth-order valence-electron chi connectivity index (χ4n) is 3.29. The molecule has 0 radical (unpaired) electrons. The molecule has 0 unspecified atom stereocenters. The number of hydrogen-bond acceptors (Lipinski definition) is 5. The molecular weight excluding hydrogens is 354 g/mol. The van der Waals surface area contributed by atoms with Crippen LogP contribution in [0.1, 0.15) is 6.92 Å². The van der Waals surface area contributed by atoms with Crippen LogP contribution in [0.4, 0.5) is 10.5 Å². The van der Waals surface area contributed by atoms with E-state index in [1.165, 1.54) is 0 Å². The molecule has 1 fully saturated rings. The summed E-state index contributed by atoms with van der Waals surface area (Å²) in [6, 6.07) is 17.9. The first-order valence-electron chi connectivity index (χ1n) is 9.52. The number of nitrogens with one attached hydrogen (secondary N) is 1. The molecule has 1 aliphatic rings. The number of benzene rings is 2. The zero-order valence-corrected chi connectivity index (χ0v) is 15.8. The van der Waals surface area contributed by atoms with E-state index >= 15 is 0 Å². The fraction of sp³-hybridized carbons (Fsp3) is 0.286. The van der Waals surface area contributed by atoms with E-state index < -0.39 is 0 Å². The van der Waals surface area contributed by atoms with Crippen molar-refractivity contribution >= 4 is 11.7 Å². The van der Waals surface area contributed by atoms with E-state index in [0.717, 1.165) is 43.0 Å². The zero-order chi connectivity index (χ0) is 19.3. The summed E-state index contributed by atoms with van der Waals surface area (Å²) in [5.41, 5.74) is 2.95. The molecule has 7 nitrogen and oxygen atoms in total. The van der Waals surface area contributed by atoms with Crippen molar-refractivity contribution in [1.82, 2.24) is 20.4 Å². The highest BCUT2D eigenvalue weighted by atomic mass is 16.5. The molecule has 144 valence electrons. The summed E-state index contributed by atoms with van der Waals surface area (Å²) in [6.07, 6.45) is 0. The van der Waals surface area contributed by atoms with Crippen molar-refractivity contribution in [3.8, 4) is 22.8 Å². The highest BCUT2D eigenvalue weighted by Crippen LogP contribution is 2.25. The number of aromatic nitrogens is 2. The number of carbonyl (C=O) groups excluding carboxylic acids is 1. The van der Waals surface area contributed by atoms with E-state index in [4.69, 9.17) is 4.52 Å². The maximum Gasteiger partial charge on any atom is 0.317 e. The second-order valence-electron chi connectivity index (χ2n) is 6.65. The predicted octanol–water partition coefficient (Wildman–Crippen LogP) is 3.26. The third kappa shape index (κ3) is 3.83. The first-order valence-corrected chi connectivity index (χ1v) is 9.52. The van der Waals surface area contributed by atoms with Gasteiger partial charge in [0.15, 0.2) is 0 Å². The fourth-order valence-corrected chi connectivity index (χ4v) is 3.29. The number of piperazine rings is 1. The molecule has 2 amide bonds. The number of carbonyl (C=O) groups is 1. The van der Waals surface area contributed by atoms with Gasteiger partial charge >= 0.3 is 6.03 Å². The summed E-state index contributed by atoms with van der Waals surface area (Å²) >= 11 is 0. The van der Waals surface area contributed by atoms with Crippen LogP contribution >= 0.6 is 0 Å². The number of rotatable bonds is 4. The van der Waals surface area contributed by atoms with Gasteiger partial charge in [-0.1, -0.05) is 23.4 Å². The standard InChI is InChI=1S/C21H23N5O2/c1-2-22-21(27)26-14-12-25(13-15-26)18-10-8-16(9-11-18)19-23-20(28-24-19)17-6-4-3-5-7-17/h3-11H,2,12-15H2,1H3,(H,22,27). The quantitative estimate of drug-likeness (QED) is 0.755. The van der Waals surface area contributed by atoms with Gasteiger partial charge in [-0.3, -0.25) is 0 Å². The molecule has 7 heteroatoms. The molecule has 0 atom stereocenters. The van der Waals surface area contributed by atoms with Crippen LogP contribution in [0.3, 0.4) is 0 Å². The molecule has 1 saturated heterocycles. The van der Waals surface area contributed by atoms with Crippen LogP contribution in [0.5, 0.6) is 0 Å². The Bertz CT molecular complexity index is 915. The van der Waals surface area contributed by atoms with Crippen LogP contribution in [0.25, 0.3) is 22.8 Å². The smallest absolute Gasteiger partial charge is 0.317 e. The lowest BCUT2D eigenvalue weighted by Crippen LogP contribution is -2.51. The first-order chi connectivity index (χ1) is 13.7. The summed E-state index contributed by atoms with van der Waals surface area (Å²) in [4.78, 5) is 20.6. The second-order valence-corrected chi connectivity index (χ2v) is 6.65. The predicted molar refractivity (Wildman–Crippen MR) is 108 cm³/mol. The Kier molecular flexibility index (Phi) is 5.23. The van der Waals surface area contributed by atoms with Crippen LogP contribution < -0.4 is 10.2 Å². The van der Waals surface area contributed by atoms with Gasteiger partial charge in [0.05, 0.1) is 0 Å². The molecule has 1 aromatic heterocycles. The van der Waals surface area contributed by atoms with Gasteiger partial charge in [0, 0.05) is 49.5 Å². The average Bonchev–Trinajstić information content (AvgIpc) is 3.25. The zero-order valence-electron chi connectivity index (χ0n) is 15.8. The lowest BCUT2D eigenvalue weighted by Gasteiger charge is -2.36. The van der Waals surface area contributed by atoms with Gasteiger partial charge in [0.2, 0.25) is 5.82 Å². The topological polar surface area (TPSA) is 74.5 Å². The number of anilines is 1. The first kappa shape index (κ1) is 18.0. The Labute approximate surface area is 164 Å². The molecule has 2 aromatic carbocycles. The van der Waals surface area contributed by atoms with Crippen molar-refractivity contribution in [3.63, 3.8) is 0 Å². The van der Waals surface area contributed by atoms with Gasteiger partial charge < -0.3 is 19.6 Å². The Hall–Kier alpha value is -3.35. The van der Waals surface area contributed by atoms with Crippen molar-refractivity contribution in [2.75, 3.05) is 37.6 Å². The minimum absolute atomic E-state index is 0.0174. The Morgan fingerprint density at radius 3 is 2.39 bits per heavy atom. The second kappa shape index (κ2) is 8.12. The molecule has 4 rings (SSSR count). The maximum atomic E-state index is 11.9. The van der Waals surface area contributed by atoms with Gasteiger partial charge in [-0.2, -0.15) is 4.98 Å². The van der Waals surface area contributed by atoms with E-state index in [1.54, 1.807) is 0 Å². The largest absolute Gasteiger partial charge is 0.368 e. The Morgan fingerprint density at radius 1 is 1.00 bits per heavy atom. The molecule has 1 aliphatic heterocycles. The summed E-state index contributed by atoms with van der Waals surface area (Å²) in [5.74, 6) is 1.09. The van der Waals surface area contributed by atoms with Gasteiger partial charge in [-0.25, -0.2) is 4.79 Å². The van der Waals surface area contributed by atoms with Crippen molar-refractivity contribution in [2.45, 2.75) is 6.92 Å². The van der Waals surface area contributed by atoms with Crippen LogP contribution in [0.15, 0.2) is 59.1 Å². The van der Waals surface area contributed by atoms with Crippen LogP contribution in [-0.2, 0) is 0 Å². The Morgan fingerprint density at radius 2 is 1.71 bits per heavy atom. The molecule has 0 bridgehead atoms. The summed E-state index contributed by atoms with van der Waals surface area (Å²) < 4.78 is 5.39. The van der Waals surface area contributed by atoms with E-state index in [0.29, 0.717) is 18.3 Å². The highest BCUT2D eigenvalue weighted by molar-refractivity contribution is 5.74. The Balaban J connectivity index is 1.41. The van der Waals surface area contributed by atoms with Gasteiger partial charge in [-0.05, 0) is 43.3 Å². The molecule has 2 heterocycles. The van der Waals surface area contributed by atoms with Gasteiger partial charge in [0.1, 0.15) is 0 Å². The summed E-state index contributed by atoms with van der Waals surface area (Å²) in [6.45, 7) is 5.66. The molecule has 0 saturated carbocycles. The molecule has 0 aliphatic carbocycles. The van der Waals surface area contributed by atoms with E-state index in [-0.39, 0.29) is 6.03 Å². The number of hydrogen-bond donors (Lipinski definition) is 1. The third-order valence-electron chi connectivity index (χ3n) is 4.83. The lowest BCUT2D eigenvalue weighted by molar-refractivity contribution is 0.195. The highest BCUT2D eigenvalue weighted by Gasteiger charge is 2.21. The maximum absolute atomic E-state index is 11.9. The molecular formula is C21H23N5O2. The van der Waals surface area contributed by atoms with Crippen molar-refractivity contribution < 1.29 is 9.32 Å². The summed E-state index contributed by atoms with van der Waals surface area (Å²) in [7, 11) is 0. The van der Waals surface area contributed by atoms with Crippen molar-refractivity contribution in [1.29, 1.82) is 0 Å². The van der Waals surface area contributed by atoms with E-state index in [1.807, 2.05) is 54.3 Å². The average molecular weight is 377 g/mol. The normalized spacial score (nSPS) is 14.2. The monoisotopic (exact) mass is 377 g/mol. The lowest BCUT2D eigenvalue weighted by atomic mass is 10.1. The number of amides is 2. The number of urea groups is 1. The number of nitrogens with zero attached hydrogens (tertiary/aromatic N) is 4. The van der Waals surface area contributed by atoms with E-state index in [9.17, 15) is 4.79 Å². The SMILES string of the molecule is CCNC(=O)N1CCN(c2ccc(-c3noc(-c4ccccc4)n3)cc2)CC1. The van der Waals surface area contributed by atoms with E-state index in [2.05, 4.69) is 32.5 Å². The van der Waals surface area contributed by atoms with Crippen LogP contribution in [-0.4, -0.2) is 53.8 Å². The third-order valence-corrected chi connectivity index (χ3v) is 4.83. The molecule has 28 heavy (non-hydrogen) atoms. The van der Waals surface area contributed by atoms with Gasteiger partial charge in [-0.15, -0.1) is 0 Å². The van der Waals surface area contributed by atoms with Crippen LogP contribution in [0, 0.1) is 0 Å².